The van der Waals surface area contributed by atoms with Crippen LogP contribution in [0.1, 0.15) is 25.3 Å². The highest BCUT2D eigenvalue weighted by Gasteiger charge is 2.13. The zero-order valence-corrected chi connectivity index (χ0v) is 13.6. The van der Waals surface area contributed by atoms with Gasteiger partial charge in [0.2, 0.25) is 0 Å². The van der Waals surface area contributed by atoms with Crippen LogP contribution >= 0.6 is 11.8 Å². The van der Waals surface area contributed by atoms with Crippen LogP contribution in [0.5, 0.6) is 11.5 Å². The van der Waals surface area contributed by atoms with Crippen molar-refractivity contribution in [2.24, 2.45) is 0 Å². The summed E-state index contributed by atoms with van der Waals surface area (Å²) >= 11 is 1.73. The van der Waals surface area contributed by atoms with Gasteiger partial charge in [-0.15, -0.1) is 11.8 Å². The van der Waals surface area contributed by atoms with Gasteiger partial charge in [-0.1, -0.05) is 13.3 Å². The fraction of sp³-hybridized carbons (Fsp3) is 0.533. The van der Waals surface area contributed by atoms with Gasteiger partial charge in [0.15, 0.2) is 0 Å². The molecule has 118 valence electrons. The Balaban J connectivity index is 2.86. The SMILES string of the molecule is CCCCSc1c(OC)cc(CCNC(=O)O)cc1OC. The average molecular weight is 313 g/mol. The summed E-state index contributed by atoms with van der Waals surface area (Å²) in [7, 11) is 3.27. The van der Waals surface area contributed by atoms with Crippen molar-refractivity contribution in [3.05, 3.63) is 17.7 Å². The predicted molar refractivity (Wildman–Crippen MR) is 84.9 cm³/mol. The molecule has 0 bridgehead atoms. The van der Waals surface area contributed by atoms with Crippen molar-refractivity contribution < 1.29 is 19.4 Å². The maximum Gasteiger partial charge on any atom is 0.404 e. The Hall–Kier alpha value is -1.56. The first-order chi connectivity index (χ1) is 10.1. The van der Waals surface area contributed by atoms with Crippen LogP contribution in [0, 0.1) is 0 Å². The van der Waals surface area contributed by atoms with E-state index in [2.05, 4.69) is 12.2 Å². The lowest BCUT2D eigenvalue weighted by molar-refractivity contribution is 0.194. The second kappa shape index (κ2) is 9.39. The van der Waals surface area contributed by atoms with E-state index < -0.39 is 6.09 Å². The highest BCUT2D eigenvalue weighted by atomic mass is 32.2. The molecule has 0 radical (unpaired) electrons. The number of methoxy groups -OCH3 is 2. The fourth-order valence-electron chi connectivity index (χ4n) is 1.85. The van der Waals surface area contributed by atoms with Crippen LogP contribution in [0.4, 0.5) is 4.79 Å². The molecule has 0 aliphatic heterocycles. The smallest absolute Gasteiger partial charge is 0.404 e. The zero-order chi connectivity index (χ0) is 15.7. The van der Waals surface area contributed by atoms with E-state index in [-0.39, 0.29) is 0 Å². The van der Waals surface area contributed by atoms with Crippen molar-refractivity contribution in [2.45, 2.75) is 31.1 Å². The number of unbranched alkanes of at least 4 members (excludes halogenated alkanes) is 1. The Morgan fingerprint density at radius 2 is 1.90 bits per heavy atom. The van der Waals surface area contributed by atoms with Gasteiger partial charge >= 0.3 is 6.09 Å². The molecule has 0 spiro atoms. The maximum atomic E-state index is 10.5. The normalized spacial score (nSPS) is 10.2. The second-order valence-electron chi connectivity index (χ2n) is 4.51. The molecular formula is C15H23NO4S. The summed E-state index contributed by atoms with van der Waals surface area (Å²) in [6.45, 7) is 2.53. The Morgan fingerprint density at radius 3 is 2.38 bits per heavy atom. The maximum absolute atomic E-state index is 10.5. The molecule has 1 aromatic carbocycles. The van der Waals surface area contributed by atoms with Gasteiger partial charge in [0.1, 0.15) is 11.5 Å². The monoisotopic (exact) mass is 313 g/mol. The molecule has 0 aliphatic rings. The Kier molecular flexibility index (Phi) is 7.82. The van der Waals surface area contributed by atoms with Crippen LogP contribution in [0.3, 0.4) is 0 Å². The molecule has 0 saturated carbocycles. The van der Waals surface area contributed by atoms with Crippen molar-refractivity contribution >= 4 is 17.9 Å². The Labute approximate surface area is 130 Å². The van der Waals surface area contributed by atoms with E-state index in [9.17, 15) is 4.79 Å². The summed E-state index contributed by atoms with van der Waals surface area (Å²) in [6, 6.07) is 3.89. The summed E-state index contributed by atoms with van der Waals surface area (Å²) in [5.41, 5.74) is 0.984. The van der Waals surface area contributed by atoms with Crippen LogP contribution in [0.15, 0.2) is 17.0 Å². The number of amides is 1. The quantitative estimate of drug-likeness (QED) is 0.540. The number of ether oxygens (including phenoxy) is 2. The van der Waals surface area contributed by atoms with E-state index in [1.165, 1.54) is 0 Å². The summed E-state index contributed by atoms with van der Waals surface area (Å²) in [6.07, 6.45) is 1.87. The number of carboxylic acid groups (broad SMARTS) is 1. The lowest BCUT2D eigenvalue weighted by atomic mass is 10.1. The van der Waals surface area contributed by atoms with Gasteiger partial charge in [-0.2, -0.15) is 0 Å². The van der Waals surface area contributed by atoms with Gasteiger partial charge in [-0.3, -0.25) is 0 Å². The number of rotatable bonds is 9. The zero-order valence-electron chi connectivity index (χ0n) is 12.8. The van der Waals surface area contributed by atoms with Crippen LogP contribution in [-0.4, -0.2) is 37.7 Å². The van der Waals surface area contributed by atoms with E-state index >= 15 is 0 Å². The van der Waals surface area contributed by atoms with E-state index in [1.807, 2.05) is 12.1 Å². The molecule has 1 aromatic rings. The number of carbonyl (C=O) groups is 1. The minimum absolute atomic E-state index is 0.365. The highest BCUT2D eigenvalue weighted by molar-refractivity contribution is 7.99. The largest absolute Gasteiger partial charge is 0.495 e. The first-order valence-corrected chi connectivity index (χ1v) is 7.95. The molecule has 2 N–H and O–H groups in total. The molecule has 0 aliphatic carbocycles. The van der Waals surface area contributed by atoms with Gasteiger partial charge in [0.05, 0.1) is 19.1 Å². The lowest BCUT2D eigenvalue weighted by Gasteiger charge is -2.15. The third kappa shape index (κ3) is 5.75. The molecule has 0 atom stereocenters. The third-order valence-electron chi connectivity index (χ3n) is 2.95. The number of nitrogens with one attached hydrogen (secondary N) is 1. The van der Waals surface area contributed by atoms with Crippen molar-refractivity contribution in [1.82, 2.24) is 5.32 Å². The molecule has 0 fully saturated rings. The topological polar surface area (TPSA) is 67.8 Å². The van der Waals surface area contributed by atoms with Gasteiger partial charge < -0.3 is 19.9 Å². The van der Waals surface area contributed by atoms with Crippen LogP contribution in [-0.2, 0) is 6.42 Å². The predicted octanol–water partition coefficient (Wildman–Crippen LogP) is 3.41. The minimum atomic E-state index is -1.01. The number of hydrogen-bond acceptors (Lipinski definition) is 4. The van der Waals surface area contributed by atoms with E-state index in [4.69, 9.17) is 14.6 Å². The van der Waals surface area contributed by atoms with Gasteiger partial charge in [-0.05, 0) is 36.3 Å². The fourth-order valence-corrected chi connectivity index (χ4v) is 3.06. The summed E-state index contributed by atoms with van der Waals surface area (Å²) < 4.78 is 10.9. The lowest BCUT2D eigenvalue weighted by Crippen LogP contribution is -2.23. The first-order valence-electron chi connectivity index (χ1n) is 6.96. The van der Waals surface area contributed by atoms with E-state index in [0.29, 0.717) is 13.0 Å². The highest BCUT2D eigenvalue weighted by Crippen LogP contribution is 2.39. The standard InChI is InChI=1S/C15H23NO4S/c1-4-5-8-21-14-12(19-2)9-11(10-13(14)20-3)6-7-16-15(17)18/h9-10,16H,4-8H2,1-3H3,(H,17,18). The number of hydrogen-bond donors (Lipinski definition) is 2. The molecule has 6 heteroatoms. The number of benzene rings is 1. The van der Waals surface area contributed by atoms with Crippen molar-refractivity contribution in [3.8, 4) is 11.5 Å². The molecule has 21 heavy (non-hydrogen) atoms. The third-order valence-corrected chi connectivity index (χ3v) is 4.14. The Morgan fingerprint density at radius 1 is 1.29 bits per heavy atom. The van der Waals surface area contributed by atoms with Crippen molar-refractivity contribution in [3.63, 3.8) is 0 Å². The molecule has 0 saturated heterocycles. The Bertz CT molecular complexity index is 440. The molecule has 1 amide bonds. The molecule has 1 rings (SSSR count). The van der Waals surface area contributed by atoms with Gasteiger partial charge in [-0.25, -0.2) is 4.79 Å². The van der Waals surface area contributed by atoms with Crippen molar-refractivity contribution in [2.75, 3.05) is 26.5 Å². The van der Waals surface area contributed by atoms with E-state index in [1.54, 1.807) is 26.0 Å². The van der Waals surface area contributed by atoms with Crippen molar-refractivity contribution in [1.29, 1.82) is 0 Å². The number of thioether (sulfide) groups is 1. The van der Waals surface area contributed by atoms with Crippen LogP contribution in [0.2, 0.25) is 0 Å². The van der Waals surface area contributed by atoms with Gasteiger partial charge in [0.25, 0.3) is 0 Å². The van der Waals surface area contributed by atoms with Crippen LogP contribution < -0.4 is 14.8 Å². The summed E-state index contributed by atoms with van der Waals surface area (Å²) in [5, 5.41) is 10.9. The molecule has 0 unspecified atom stereocenters. The van der Waals surface area contributed by atoms with Crippen LogP contribution in [0.25, 0.3) is 0 Å². The molecular weight excluding hydrogens is 290 g/mol. The average Bonchev–Trinajstić information content (AvgIpc) is 2.47. The molecule has 0 aromatic heterocycles. The van der Waals surface area contributed by atoms with Gasteiger partial charge in [0, 0.05) is 6.54 Å². The van der Waals surface area contributed by atoms with E-state index in [0.717, 1.165) is 40.6 Å². The molecule has 0 heterocycles. The second-order valence-corrected chi connectivity index (χ2v) is 5.62. The summed E-state index contributed by atoms with van der Waals surface area (Å²) in [4.78, 5) is 11.5. The first kappa shape index (κ1) is 17.5. The molecule has 5 nitrogen and oxygen atoms in total. The summed E-state index contributed by atoms with van der Waals surface area (Å²) in [5.74, 6) is 2.57. The minimum Gasteiger partial charge on any atom is -0.495 e.